The van der Waals surface area contributed by atoms with Crippen LogP contribution in [0, 0.1) is 11.7 Å². The van der Waals surface area contributed by atoms with E-state index in [0.717, 1.165) is 30.3 Å². The minimum Gasteiger partial charge on any atom is -0.493 e. The summed E-state index contributed by atoms with van der Waals surface area (Å²) in [5.74, 6) is 1.86. The monoisotopic (exact) mass is 271 g/mol. The molecule has 0 amide bonds. The molecule has 0 aromatic heterocycles. The third-order valence-electron chi connectivity index (χ3n) is 3.70. The lowest BCUT2D eigenvalue weighted by Crippen LogP contribution is -2.11. The Labute approximate surface area is 113 Å². The van der Waals surface area contributed by atoms with Gasteiger partial charge in [-0.15, -0.1) is 12.4 Å². The van der Waals surface area contributed by atoms with Gasteiger partial charge in [0.2, 0.25) is 0 Å². The van der Waals surface area contributed by atoms with Gasteiger partial charge >= 0.3 is 0 Å². The van der Waals surface area contributed by atoms with Gasteiger partial charge in [-0.25, -0.2) is 4.39 Å². The predicted molar refractivity (Wildman–Crippen MR) is 72.1 cm³/mol. The summed E-state index contributed by atoms with van der Waals surface area (Å²) in [6.45, 7) is 0.787. The molecule has 0 spiro atoms. The van der Waals surface area contributed by atoms with Gasteiger partial charge in [-0.05, 0) is 50.4 Å². The van der Waals surface area contributed by atoms with Crippen LogP contribution < -0.4 is 10.1 Å². The summed E-state index contributed by atoms with van der Waals surface area (Å²) < 4.78 is 19.1. The second kappa shape index (κ2) is 5.45. The number of ether oxygens (including phenoxy) is 1. The molecule has 1 aromatic carbocycles. The molecular weight excluding hydrogens is 253 g/mol. The Bertz CT molecular complexity index is 422. The van der Waals surface area contributed by atoms with Crippen LogP contribution >= 0.6 is 12.4 Å². The van der Waals surface area contributed by atoms with E-state index in [2.05, 4.69) is 5.32 Å². The molecule has 0 saturated heterocycles. The molecule has 0 bridgehead atoms. The van der Waals surface area contributed by atoms with Crippen molar-refractivity contribution >= 4 is 12.4 Å². The average Bonchev–Trinajstić information content (AvgIpc) is 3.21. The highest BCUT2D eigenvalue weighted by Gasteiger charge is 2.39. The highest BCUT2D eigenvalue weighted by atomic mass is 35.5. The number of likely N-dealkylation sites (N-methyl/N-ethyl adjacent to an activating group) is 1. The average molecular weight is 272 g/mol. The Morgan fingerprint density at radius 3 is 2.78 bits per heavy atom. The summed E-state index contributed by atoms with van der Waals surface area (Å²) >= 11 is 0. The maximum Gasteiger partial charge on any atom is 0.123 e. The van der Waals surface area contributed by atoms with Crippen molar-refractivity contribution < 1.29 is 9.13 Å². The zero-order valence-electron chi connectivity index (χ0n) is 10.5. The molecule has 0 aliphatic heterocycles. The maximum atomic E-state index is 13.3. The molecule has 2 aliphatic rings. The van der Waals surface area contributed by atoms with Crippen LogP contribution in [0.2, 0.25) is 0 Å². The summed E-state index contributed by atoms with van der Waals surface area (Å²) in [4.78, 5) is 0. The van der Waals surface area contributed by atoms with Gasteiger partial charge in [0.1, 0.15) is 11.6 Å². The fourth-order valence-corrected chi connectivity index (χ4v) is 2.29. The molecule has 2 saturated carbocycles. The van der Waals surface area contributed by atoms with Gasteiger partial charge in [0.25, 0.3) is 0 Å². The summed E-state index contributed by atoms with van der Waals surface area (Å²) in [7, 11) is 1.95. The van der Waals surface area contributed by atoms with E-state index >= 15 is 0 Å². The number of rotatable bonds is 5. The first-order valence-corrected chi connectivity index (χ1v) is 6.37. The van der Waals surface area contributed by atoms with Gasteiger partial charge in [0.05, 0.1) is 6.61 Å². The van der Waals surface area contributed by atoms with Crippen LogP contribution in [0.25, 0.3) is 0 Å². The molecular formula is C14H19ClFNO. The van der Waals surface area contributed by atoms with Crippen LogP contribution in [0.1, 0.15) is 30.7 Å². The highest BCUT2D eigenvalue weighted by molar-refractivity contribution is 5.85. The third-order valence-corrected chi connectivity index (χ3v) is 3.70. The molecule has 1 aromatic rings. The van der Waals surface area contributed by atoms with E-state index in [0.29, 0.717) is 12.0 Å². The Morgan fingerprint density at radius 2 is 2.17 bits per heavy atom. The van der Waals surface area contributed by atoms with Crippen LogP contribution in [0.3, 0.4) is 0 Å². The summed E-state index contributed by atoms with van der Waals surface area (Å²) in [6, 6.07) is 5.38. The van der Waals surface area contributed by atoms with Crippen LogP contribution in [0.15, 0.2) is 18.2 Å². The lowest BCUT2D eigenvalue weighted by atomic mass is 10.1. The predicted octanol–water partition coefficient (Wildman–Crippen LogP) is 3.11. The van der Waals surface area contributed by atoms with E-state index in [9.17, 15) is 4.39 Å². The standard InChI is InChI=1S/C14H18FNO.ClH/c1-16-13-7-11(13)12-6-10(15)4-5-14(12)17-8-9-2-3-9;/h4-6,9,11,13,16H,2-3,7-8H2,1H3;1H/t11-,13+;/m0./s1. The largest absolute Gasteiger partial charge is 0.493 e. The first kappa shape index (κ1) is 13.6. The van der Waals surface area contributed by atoms with E-state index < -0.39 is 0 Å². The highest BCUT2D eigenvalue weighted by Crippen LogP contribution is 2.45. The van der Waals surface area contributed by atoms with Crippen LogP contribution in [0.5, 0.6) is 5.75 Å². The quantitative estimate of drug-likeness (QED) is 0.889. The lowest BCUT2D eigenvalue weighted by molar-refractivity contribution is 0.296. The molecule has 4 heteroatoms. The molecule has 2 fully saturated rings. The molecule has 1 N–H and O–H groups in total. The van der Waals surface area contributed by atoms with Crippen LogP contribution in [-0.2, 0) is 0 Å². The normalized spacial score (nSPS) is 25.4. The van der Waals surface area contributed by atoms with Gasteiger partial charge in [-0.2, -0.15) is 0 Å². The fourth-order valence-electron chi connectivity index (χ4n) is 2.29. The van der Waals surface area contributed by atoms with Crippen LogP contribution in [0.4, 0.5) is 4.39 Å². The molecule has 0 unspecified atom stereocenters. The fraction of sp³-hybridized carbons (Fsp3) is 0.571. The Morgan fingerprint density at radius 1 is 1.39 bits per heavy atom. The van der Waals surface area contributed by atoms with Crippen molar-refractivity contribution in [3.05, 3.63) is 29.6 Å². The van der Waals surface area contributed by atoms with Crippen molar-refractivity contribution in [2.24, 2.45) is 5.92 Å². The van der Waals surface area contributed by atoms with Crippen molar-refractivity contribution in [2.75, 3.05) is 13.7 Å². The summed E-state index contributed by atoms with van der Waals surface area (Å²) in [5.41, 5.74) is 1.03. The summed E-state index contributed by atoms with van der Waals surface area (Å²) in [5, 5.41) is 3.23. The topological polar surface area (TPSA) is 21.3 Å². The molecule has 100 valence electrons. The minimum absolute atomic E-state index is 0. The van der Waals surface area contributed by atoms with E-state index in [4.69, 9.17) is 4.74 Å². The molecule has 18 heavy (non-hydrogen) atoms. The first-order chi connectivity index (χ1) is 8.28. The molecule has 2 nitrogen and oxygen atoms in total. The zero-order valence-corrected chi connectivity index (χ0v) is 11.3. The van der Waals surface area contributed by atoms with Crippen LogP contribution in [-0.4, -0.2) is 19.7 Å². The van der Waals surface area contributed by atoms with Gasteiger partial charge in [0, 0.05) is 17.5 Å². The Kier molecular flexibility index (Phi) is 4.13. The number of hydrogen-bond donors (Lipinski definition) is 1. The number of hydrogen-bond acceptors (Lipinski definition) is 2. The maximum absolute atomic E-state index is 13.3. The van der Waals surface area contributed by atoms with Gasteiger partial charge in [0.15, 0.2) is 0 Å². The number of nitrogens with one attached hydrogen (secondary N) is 1. The number of benzene rings is 1. The second-order valence-electron chi connectivity index (χ2n) is 5.17. The van der Waals surface area contributed by atoms with E-state index in [-0.39, 0.29) is 18.2 Å². The van der Waals surface area contributed by atoms with Gasteiger partial charge in [-0.1, -0.05) is 0 Å². The molecule has 2 atom stereocenters. The second-order valence-corrected chi connectivity index (χ2v) is 5.17. The van der Waals surface area contributed by atoms with E-state index in [1.165, 1.54) is 18.9 Å². The number of halogens is 2. The lowest BCUT2D eigenvalue weighted by Gasteiger charge is -2.11. The smallest absolute Gasteiger partial charge is 0.123 e. The third kappa shape index (κ3) is 2.96. The molecule has 0 radical (unpaired) electrons. The Hall–Kier alpha value is -0.800. The minimum atomic E-state index is -0.166. The van der Waals surface area contributed by atoms with Crippen molar-refractivity contribution in [2.45, 2.75) is 31.2 Å². The first-order valence-electron chi connectivity index (χ1n) is 6.37. The van der Waals surface area contributed by atoms with Crippen molar-refractivity contribution in [1.82, 2.24) is 5.32 Å². The molecule has 0 heterocycles. The van der Waals surface area contributed by atoms with Crippen molar-refractivity contribution in [1.29, 1.82) is 0 Å². The SMILES string of the molecule is CN[C@@H]1C[C@H]1c1cc(F)ccc1OCC1CC1.Cl. The van der Waals surface area contributed by atoms with Crippen molar-refractivity contribution in [3.8, 4) is 5.75 Å². The van der Waals surface area contributed by atoms with Gasteiger partial charge < -0.3 is 10.1 Å². The zero-order chi connectivity index (χ0) is 11.8. The van der Waals surface area contributed by atoms with Crippen molar-refractivity contribution in [3.63, 3.8) is 0 Å². The molecule has 2 aliphatic carbocycles. The van der Waals surface area contributed by atoms with E-state index in [1.54, 1.807) is 12.1 Å². The van der Waals surface area contributed by atoms with Gasteiger partial charge in [-0.3, -0.25) is 0 Å². The van der Waals surface area contributed by atoms with E-state index in [1.807, 2.05) is 7.05 Å². The summed E-state index contributed by atoms with van der Waals surface area (Å²) in [6.07, 6.45) is 3.64. The Balaban J connectivity index is 0.00000120. The molecule has 3 rings (SSSR count).